The van der Waals surface area contributed by atoms with Crippen LogP contribution in [-0.4, -0.2) is 24.6 Å². The maximum absolute atomic E-state index is 13.6. The molecule has 0 aliphatic rings. The summed E-state index contributed by atoms with van der Waals surface area (Å²) in [6.07, 6.45) is 2.32. The maximum atomic E-state index is 13.6. The van der Waals surface area contributed by atoms with Crippen molar-refractivity contribution in [2.24, 2.45) is 11.0 Å². The quantitative estimate of drug-likeness (QED) is 0.424. The zero-order valence-electron chi connectivity index (χ0n) is 15.2. The van der Waals surface area contributed by atoms with Gasteiger partial charge in [-0.15, -0.1) is 0 Å². The molecule has 0 bridgehead atoms. The zero-order valence-corrected chi connectivity index (χ0v) is 15.2. The molecule has 0 saturated heterocycles. The van der Waals surface area contributed by atoms with E-state index in [4.69, 9.17) is 4.74 Å². The van der Waals surface area contributed by atoms with Gasteiger partial charge in [-0.2, -0.15) is 5.10 Å². The Morgan fingerprint density at radius 1 is 1.15 bits per heavy atom. The normalized spacial score (nSPS) is 11.8. The number of nitrogens with one attached hydrogen (secondary N) is 2. The van der Waals surface area contributed by atoms with Crippen molar-refractivity contribution in [2.45, 2.75) is 20.3 Å². The Hall–Kier alpha value is -3.22. The molecule has 2 amide bonds. The van der Waals surface area contributed by atoms with Crippen LogP contribution >= 0.6 is 0 Å². The highest BCUT2D eigenvalue weighted by atomic mass is 19.1. The first-order chi connectivity index (χ1) is 13.0. The number of anilines is 1. The van der Waals surface area contributed by atoms with Gasteiger partial charge < -0.3 is 10.1 Å². The molecule has 0 aliphatic heterocycles. The average molecular weight is 371 g/mol. The fraction of sp³-hybridized carbons (Fsp3) is 0.250. The second-order valence-corrected chi connectivity index (χ2v) is 5.81. The summed E-state index contributed by atoms with van der Waals surface area (Å²) in [4.78, 5) is 24.2. The molecule has 0 aliphatic carbocycles. The van der Waals surface area contributed by atoms with Gasteiger partial charge in [0.2, 0.25) is 5.91 Å². The Morgan fingerprint density at radius 2 is 1.85 bits per heavy atom. The first kappa shape index (κ1) is 20.1. The highest BCUT2D eigenvalue weighted by Crippen LogP contribution is 2.16. The Bertz CT molecular complexity index is 824. The Kier molecular flexibility index (Phi) is 7.49. The number of amides is 2. The number of carbonyl (C=O) groups excluding carboxylic acids is 2. The van der Waals surface area contributed by atoms with E-state index in [1.54, 1.807) is 12.1 Å². The van der Waals surface area contributed by atoms with Gasteiger partial charge in [0, 0.05) is 5.56 Å². The minimum absolute atomic E-state index is 0.0210. The number of rotatable bonds is 8. The van der Waals surface area contributed by atoms with E-state index < -0.39 is 23.5 Å². The molecule has 0 heterocycles. The standard InChI is InChI=1S/C20H22FN3O3/c1-3-12-27-18-11-7-4-8-15(18)13-22-24-20(26)14(2)19(25)23-17-10-6-5-9-16(17)21/h4-11,13-14H,3,12H2,1-2H3,(H,23,25)(H,24,26). The SMILES string of the molecule is CCCOc1ccccc1C=NNC(=O)C(C)C(=O)Nc1ccccc1F. The molecule has 142 valence electrons. The fourth-order valence-electron chi connectivity index (χ4n) is 2.12. The molecule has 1 atom stereocenters. The molecule has 1 unspecified atom stereocenters. The van der Waals surface area contributed by atoms with E-state index in [2.05, 4.69) is 15.8 Å². The van der Waals surface area contributed by atoms with Crippen molar-refractivity contribution < 1.29 is 18.7 Å². The van der Waals surface area contributed by atoms with Crippen LogP contribution in [0.5, 0.6) is 5.75 Å². The Balaban J connectivity index is 1.94. The summed E-state index contributed by atoms with van der Waals surface area (Å²) < 4.78 is 19.2. The molecule has 2 aromatic carbocycles. The third kappa shape index (κ3) is 5.91. The predicted octanol–water partition coefficient (Wildman–Crippen LogP) is 3.34. The van der Waals surface area contributed by atoms with Crippen molar-refractivity contribution in [3.63, 3.8) is 0 Å². The van der Waals surface area contributed by atoms with Crippen LogP contribution in [0.15, 0.2) is 53.6 Å². The number of ether oxygens (including phenoxy) is 1. The summed E-state index contributed by atoms with van der Waals surface area (Å²) in [7, 11) is 0. The second-order valence-electron chi connectivity index (χ2n) is 5.81. The van der Waals surface area contributed by atoms with Gasteiger partial charge in [-0.05, 0) is 37.6 Å². The first-order valence-electron chi connectivity index (χ1n) is 8.63. The molecule has 0 fully saturated rings. The molecular formula is C20H22FN3O3. The highest BCUT2D eigenvalue weighted by molar-refractivity contribution is 6.06. The molecule has 0 radical (unpaired) electrons. The van der Waals surface area contributed by atoms with E-state index in [0.717, 1.165) is 6.42 Å². The summed E-state index contributed by atoms with van der Waals surface area (Å²) in [6, 6.07) is 13.0. The lowest BCUT2D eigenvalue weighted by Crippen LogP contribution is -2.34. The van der Waals surface area contributed by atoms with Gasteiger partial charge in [0.15, 0.2) is 0 Å². The molecular weight excluding hydrogens is 349 g/mol. The minimum atomic E-state index is -1.05. The number of hydrazone groups is 1. The third-order valence-corrected chi connectivity index (χ3v) is 3.68. The average Bonchev–Trinajstić information content (AvgIpc) is 2.68. The summed E-state index contributed by atoms with van der Waals surface area (Å²) in [5.41, 5.74) is 3.04. The van der Waals surface area contributed by atoms with Crippen LogP contribution < -0.4 is 15.5 Å². The van der Waals surface area contributed by atoms with Gasteiger partial charge in [-0.25, -0.2) is 9.82 Å². The Morgan fingerprint density at radius 3 is 2.59 bits per heavy atom. The number of carbonyl (C=O) groups is 2. The predicted molar refractivity (Wildman–Crippen MR) is 102 cm³/mol. The maximum Gasteiger partial charge on any atom is 0.252 e. The molecule has 0 spiro atoms. The third-order valence-electron chi connectivity index (χ3n) is 3.68. The monoisotopic (exact) mass is 371 g/mol. The van der Waals surface area contributed by atoms with Crippen molar-refractivity contribution >= 4 is 23.7 Å². The first-order valence-corrected chi connectivity index (χ1v) is 8.63. The van der Waals surface area contributed by atoms with Crippen LogP contribution in [0.2, 0.25) is 0 Å². The van der Waals surface area contributed by atoms with Gasteiger partial charge in [0.25, 0.3) is 5.91 Å². The summed E-state index contributed by atoms with van der Waals surface area (Å²) in [6.45, 7) is 3.99. The topological polar surface area (TPSA) is 79.8 Å². The van der Waals surface area contributed by atoms with E-state index in [1.807, 2.05) is 25.1 Å². The van der Waals surface area contributed by atoms with Gasteiger partial charge >= 0.3 is 0 Å². The van der Waals surface area contributed by atoms with Crippen LogP contribution in [0.25, 0.3) is 0 Å². The Labute approximate surface area is 157 Å². The van der Waals surface area contributed by atoms with Crippen LogP contribution in [0.1, 0.15) is 25.8 Å². The van der Waals surface area contributed by atoms with Crippen LogP contribution in [0, 0.1) is 11.7 Å². The number of nitrogens with zero attached hydrogens (tertiary/aromatic N) is 1. The summed E-state index contributed by atoms with van der Waals surface area (Å²) in [5, 5.41) is 6.26. The number of halogens is 1. The van der Waals surface area contributed by atoms with Crippen molar-refractivity contribution in [1.82, 2.24) is 5.43 Å². The lowest BCUT2D eigenvalue weighted by molar-refractivity contribution is -0.131. The van der Waals surface area contributed by atoms with Crippen LogP contribution in [0.4, 0.5) is 10.1 Å². The lowest BCUT2D eigenvalue weighted by Gasteiger charge is -2.11. The van der Waals surface area contributed by atoms with E-state index in [-0.39, 0.29) is 5.69 Å². The number of hydrogen-bond acceptors (Lipinski definition) is 4. The molecule has 27 heavy (non-hydrogen) atoms. The van der Waals surface area contributed by atoms with Crippen molar-refractivity contribution in [3.05, 3.63) is 59.9 Å². The van der Waals surface area contributed by atoms with E-state index >= 15 is 0 Å². The van der Waals surface area contributed by atoms with Gasteiger partial charge in [-0.3, -0.25) is 9.59 Å². The fourth-order valence-corrected chi connectivity index (χ4v) is 2.12. The number of hydrogen-bond donors (Lipinski definition) is 2. The number of benzene rings is 2. The van der Waals surface area contributed by atoms with Crippen molar-refractivity contribution in [3.8, 4) is 5.75 Å². The molecule has 2 rings (SSSR count). The largest absolute Gasteiger partial charge is 0.493 e. The van der Waals surface area contributed by atoms with E-state index in [9.17, 15) is 14.0 Å². The summed E-state index contributed by atoms with van der Waals surface area (Å²) >= 11 is 0. The molecule has 6 nitrogen and oxygen atoms in total. The smallest absolute Gasteiger partial charge is 0.252 e. The van der Waals surface area contributed by atoms with Gasteiger partial charge in [0.05, 0.1) is 18.5 Å². The van der Waals surface area contributed by atoms with Gasteiger partial charge in [0.1, 0.15) is 17.5 Å². The minimum Gasteiger partial charge on any atom is -0.493 e. The van der Waals surface area contributed by atoms with E-state index in [0.29, 0.717) is 17.9 Å². The molecule has 2 N–H and O–H groups in total. The van der Waals surface area contributed by atoms with Crippen LogP contribution in [-0.2, 0) is 9.59 Å². The van der Waals surface area contributed by atoms with Crippen LogP contribution in [0.3, 0.4) is 0 Å². The number of para-hydroxylation sites is 2. The van der Waals surface area contributed by atoms with Crippen molar-refractivity contribution in [1.29, 1.82) is 0 Å². The summed E-state index contributed by atoms with van der Waals surface area (Å²) in [5.74, 6) is -2.19. The highest BCUT2D eigenvalue weighted by Gasteiger charge is 2.22. The van der Waals surface area contributed by atoms with E-state index in [1.165, 1.54) is 31.3 Å². The van der Waals surface area contributed by atoms with Crippen molar-refractivity contribution in [2.75, 3.05) is 11.9 Å². The second kappa shape index (κ2) is 10.1. The lowest BCUT2D eigenvalue weighted by atomic mass is 10.1. The zero-order chi connectivity index (χ0) is 19.6. The molecule has 0 aromatic heterocycles. The molecule has 0 saturated carbocycles. The van der Waals surface area contributed by atoms with Gasteiger partial charge in [-0.1, -0.05) is 31.2 Å². The molecule has 7 heteroatoms. The molecule has 2 aromatic rings.